The van der Waals surface area contributed by atoms with Crippen molar-refractivity contribution in [1.82, 2.24) is 10.6 Å². The monoisotopic (exact) mass is 328 g/mol. The van der Waals surface area contributed by atoms with Gasteiger partial charge >= 0.3 is 12.1 Å². The maximum absolute atomic E-state index is 11.8. The molecular weight excluding hydrogens is 304 g/mol. The van der Waals surface area contributed by atoms with E-state index in [4.69, 9.17) is 9.84 Å². The maximum Gasteiger partial charge on any atom is 0.408 e. The highest BCUT2D eigenvalue weighted by molar-refractivity contribution is 7.10. The standard InChI is InChI=1S/C15H24N2O4S/c1-14(2,3)21-13(20)17-15(4,5)9-16-7-11-6-10(8-22-11)12(18)19/h6,8,16H,7,9H2,1-5H3,(H,17,20)(H,18,19). The van der Waals surface area contributed by atoms with Crippen LogP contribution in [0.15, 0.2) is 11.4 Å². The van der Waals surface area contributed by atoms with Crippen molar-refractivity contribution in [2.75, 3.05) is 6.54 Å². The predicted molar refractivity (Wildman–Crippen MR) is 86.4 cm³/mol. The zero-order valence-corrected chi connectivity index (χ0v) is 14.5. The third kappa shape index (κ3) is 6.91. The lowest BCUT2D eigenvalue weighted by molar-refractivity contribution is 0.0471. The molecule has 0 fully saturated rings. The topological polar surface area (TPSA) is 87.7 Å². The minimum absolute atomic E-state index is 0.299. The highest BCUT2D eigenvalue weighted by atomic mass is 32.1. The molecule has 1 rings (SSSR count). The maximum atomic E-state index is 11.8. The van der Waals surface area contributed by atoms with E-state index in [2.05, 4.69) is 10.6 Å². The van der Waals surface area contributed by atoms with Gasteiger partial charge in [0.1, 0.15) is 5.60 Å². The number of alkyl carbamates (subject to hydrolysis) is 1. The smallest absolute Gasteiger partial charge is 0.408 e. The van der Waals surface area contributed by atoms with Gasteiger partial charge in [0.15, 0.2) is 0 Å². The van der Waals surface area contributed by atoms with Gasteiger partial charge in [0.25, 0.3) is 0 Å². The summed E-state index contributed by atoms with van der Waals surface area (Å²) in [5.74, 6) is -0.922. The minimum atomic E-state index is -0.922. The van der Waals surface area contributed by atoms with Crippen molar-refractivity contribution < 1.29 is 19.4 Å². The highest BCUT2D eigenvalue weighted by Crippen LogP contribution is 2.15. The van der Waals surface area contributed by atoms with E-state index in [9.17, 15) is 9.59 Å². The van der Waals surface area contributed by atoms with Crippen molar-refractivity contribution in [3.05, 3.63) is 21.9 Å². The molecule has 0 atom stereocenters. The fourth-order valence-corrected chi connectivity index (χ4v) is 2.54. The van der Waals surface area contributed by atoms with Gasteiger partial charge in [0.2, 0.25) is 0 Å². The number of carboxylic acids is 1. The molecule has 3 N–H and O–H groups in total. The first-order valence-corrected chi connectivity index (χ1v) is 7.89. The Bertz CT molecular complexity index is 532. The van der Waals surface area contributed by atoms with Gasteiger partial charge in [-0.3, -0.25) is 0 Å². The quantitative estimate of drug-likeness (QED) is 0.747. The first-order chi connectivity index (χ1) is 9.98. The number of carbonyl (C=O) groups excluding carboxylic acids is 1. The molecule has 7 heteroatoms. The average Bonchev–Trinajstić information content (AvgIpc) is 2.73. The Kier molecular flexibility index (Phi) is 5.96. The Morgan fingerprint density at radius 1 is 1.27 bits per heavy atom. The van der Waals surface area contributed by atoms with Crippen molar-refractivity contribution in [3.63, 3.8) is 0 Å². The fourth-order valence-electron chi connectivity index (χ4n) is 1.71. The molecule has 0 aliphatic rings. The summed E-state index contributed by atoms with van der Waals surface area (Å²) in [6.07, 6.45) is -0.455. The van der Waals surface area contributed by atoms with Crippen LogP contribution in [0.5, 0.6) is 0 Å². The summed E-state index contributed by atoms with van der Waals surface area (Å²) in [5.41, 5.74) is -0.708. The molecule has 1 amide bonds. The van der Waals surface area contributed by atoms with Gasteiger partial charge in [-0.2, -0.15) is 0 Å². The van der Waals surface area contributed by atoms with Crippen LogP contribution in [-0.4, -0.2) is 34.9 Å². The summed E-state index contributed by atoms with van der Waals surface area (Å²) in [7, 11) is 0. The number of hydrogen-bond acceptors (Lipinski definition) is 5. The molecule has 1 aromatic heterocycles. The Labute approximate surface area is 134 Å². The lowest BCUT2D eigenvalue weighted by Gasteiger charge is -2.28. The van der Waals surface area contributed by atoms with E-state index in [1.807, 2.05) is 34.6 Å². The third-order valence-electron chi connectivity index (χ3n) is 2.61. The lowest BCUT2D eigenvalue weighted by atomic mass is 10.1. The van der Waals surface area contributed by atoms with Crippen molar-refractivity contribution in [2.24, 2.45) is 0 Å². The molecule has 0 unspecified atom stereocenters. The molecule has 1 aromatic rings. The second-order valence-corrected chi connectivity index (χ2v) is 7.72. The van der Waals surface area contributed by atoms with Crippen LogP contribution in [-0.2, 0) is 11.3 Å². The van der Waals surface area contributed by atoms with E-state index in [0.717, 1.165) is 4.88 Å². The average molecular weight is 328 g/mol. The number of thiophene rings is 1. The molecule has 0 spiro atoms. The van der Waals surface area contributed by atoms with E-state index in [-0.39, 0.29) is 0 Å². The van der Waals surface area contributed by atoms with Crippen LogP contribution in [0.25, 0.3) is 0 Å². The van der Waals surface area contributed by atoms with E-state index >= 15 is 0 Å². The van der Waals surface area contributed by atoms with Gasteiger partial charge in [-0.25, -0.2) is 9.59 Å². The summed E-state index contributed by atoms with van der Waals surface area (Å²) in [4.78, 5) is 23.5. The molecule has 0 aliphatic heterocycles. The van der Waals surface area contributed by atoms with Crippen LogP contribution in [0.4, 0.5) is 4.79 Å². The zero-order chi connectivity index (χ0) is 17.0. The molecule has 0 bridgehead atoms. The van der Waals surface area contributed by atoms with Gasteiger partial charge in [0, 0.05) is 23.3 Å². The number of rotatable bonds is 6. The van der Waals surface area contributed by atoms with Gasteiger partial charge in [0.05, 0.1) is 11.1 Å². The van der Waals surface area contributed by atoms with Gasteiger partial charge in [-0.05, 0) is 40.7 Å². The summed E-state index contributed by atoms with van der Waals surface area (Å²) in [6, 6.07) is 1.65. The molecule has 0 radical (unpaired) electrons. The van der Waals surface area contributed by atoms with Crippen molar-refractivity contribution in [3.8, 4) is 0 Å². The second kappa shape index (κ2) is 7.11. The van der Waals surface area contributed by atoms with E-state index in [1.165, 1.54) is 11.3 Å². The predicted octanol–water partition coefficient (Wildman–Crippen LogP) is 2.84. The number of amides is 1. The summed E-state index contributed by atoms with van der Waals surface area (Å²) in [6.45, 7) is 10.3. The minimum Gasteiger partial charge on any atom is -0.478 e. The lowest BCUT2D eigenvalue weighted by Crippen LogP contribution is -2.51. The number of nitrogens with one attached hydrogen (secondary N) is 2. The fraction of sp³-hybridized carbons (Fsp3) is 0.600. The Morgan fingerprint density at radius 3 is 2.41 bits per heavy atom. The Balaban J connectivity index is 2.41. The molecular formula is C15H24N2O4S. The van der Waals surface area contributed by atoms with Gasteiger partial charge in [-0.1, -0.05) is 0 Å². The van der Waals surface area contributed by atoms with E-state index in [0.29, 0.717) is 18.7 Å². The van der Waals surface area contributed by atoms with Gasteiger partial charge in [-0.15, -0.1) is 11.3 Å². The number of ether oxygens (including phenoxy) is 1. The SMILES string of the molecule is CC(C)(CNCc1cc(C(=O)O)cs1)NC(=O)OC(C)(C)C. The van der Waals surface area contributed by atoms with Crippen LogP contribution < -0.4 is 10.6 Å². The van der Waals surface area contributed by atoms with Crippen molar-refractivity contribution >= 4 is 23.4 Å². The first-order valence-electron chi connectivity index (χ1n) is 7.01. The van der Waals surface area contributed by atoms with Crippen molar-refractivity contribution in [2.45, 2.75) is 52.3 Å². The van der Waals surface area contributed by atoms with E-state index < -0.39 is 23.2 Å². The molecule has 0 aliphatic carbocycles. The summed E-state index contributed by atoms with van der Waals surface area (Å²) >= 11 is 1.39. The third-order valence-corrected chi connectivity index (χ3v) is 3.54. The molecule has 1 heterocycles. The van der Waals surface area contributed by atoms with Crippen LogP contribution >= 0.6 is 11.3 Å². The van der Waals surface area contributed by atoms with Gasteiger partial charge < -0.3 is 20.5 Å². The van der Waals surface area contributed by atoms with Crippen LogP contribution in [0.3, 0.4) is 0 Å². The second-order valence-electron chi connectivity index (χ2n) is 6.72. The Morgan fingerprint density at radius 2 is 1.91 bits per heavy atom. The summed E-state index contributed by atoms with van der Waals surface area (Å²) < 4.78 is 5.23. The van der Waals surface area contributed by atoms with Crippen molar-refractivity contribution in [1.29, 1.82) is 0 Å². The Hall–Kier alpha value is -1.60. The largest absolute Gasteiger partial charge is 0.478 e. The van der Waals surface area contributed by atoms with Crippen LogP contribution in [0.2, 0.25) is 0 Å². The van der Waals surface area contributed by atoms with Crippen LogP contribution in [0, 0.1) is 0 Å². The number of aromatic carboxylic acids is 1. The number of hydrogen-bond donors (Lipinski definition) is 3. The molecule has 6 nitrogen and oxygen atoms in total. The summed E-state index contributed by atoms with van der Waals surface area (Å²) in [5, 5.41) is 16.5. The molecule has 0 saturated heterocycles. The molecule has 0 aromatic carbocycles. The molecule has 22 heavy (non-hydrogen) atoms. The van der Waals surface area contributed by atoms with Crippen LogP contribution in [0.1, 0.15) is 49.9 Å². The highest BCUT2D eigenvalue weighted by Gasteiger charge is 2.24. The number of carboxylic acid groups (broad SMARTS) is 1. The molecule has 124 valence electrons. The normalized spacial score (nSPS) is 12.0. The first kappa shape index (κ1) is 18.4. The van der Waals surface area contributed by atoms with E-state index in [1.54, 1.807) is 11.4 Å². The molecule has 0 saturated carbocycles. The number of carbonyl (C=O) groups is 2. The zero-order valence-electron chi connectivity index (χ0n) is 13.6.